The molecule has 1 aliphatic rings. The van der Waals surface area contributed by atoms with Gasteiger partial charge in [0.05, 0.1) is 0 Å². The highest BCUT2D eigenvalue weighted by atomic mass is 127. The molecule has 1 amide bonds. The fourth-order valence-electron chi connectivity index (χ4n) is 2.32. The standard InChI is InChI=1S/C18H18FIN2O/c1-11-2-7-15(10-16(11)20)21-17(18(23)22-14-8-9-14)12-3-5-13(19)6-4-12/h2-7,10,14,17,21H,8-9H2,1H3,(H,22,23)/t17-/m1/s1. The van der Waals surface area contributed by atoms with E-state index in [2.05, 4.69) is 33.2 Å². The van der Waals surface area contributed by atoms with Crippen LogP contribution in [0, 0.1) is 16.3 Å². The van der Waals surface area contributed by atoms with Crippen molar-refractivity contribution in [1.82, 2.24) is 5.32 Å². The van der Waals surface area contributed by atoms with Crippen LogP contribution in [0.2, 0.25) is 0 Å². The molecule has 0 aromatic heterocycles. The maximum atomic E-state index is 13.2. The van der Waals surface area contributed by atoms with Crippen LogP contribution in [0.5, 0.6) is 0 Å². The first-order valence-corrected chi connectivity index (χ1v) is 8.69. The highest BCUT2D eigenvalue weighted by Gasteiger charge is 2.28. The van der Waals surface area contributed by atoms with Crippen LogP contribution in [0.15, 0.2) is 42.5 Å². The van der Waals surface area contributed by atoms with Crippen molar-refractivity contribution in [2.75, 3.05) is 5.32 Å². The molecule has 3 nitrogen and oxygen atoms in total. The zero-order chi connectivity index (χ0) is 16.4. The third-order valence-corrected chi connectivity index (χ3v) is 5.03. The molecular formula is C18H18FIN2O. The lowest BCUT2D eigenvalue weighted by atomic mass is 10.1. The van der Waals surface area contributed by atoms with Gasteiger partial charge in [-0.25, -0.2) is 4.39 Å². The molecule has 1 fully saturated rings. The fraction of sp³-hybridized carbons (Fsp3) is 0.278. The second kappa shape index (κ2) is 6.86. The number of aryl methyl sites for hydroxylation is 1. The number of hydrogen-bond acceptors (Lipinski definition) is 2. The summed E-state index contributed by atoms with van der Waals surface area (Å²) in [6.45, 7) is 2.04. The van der Waals surface area contributed by atoms with Crippen molar-refractivity contribution in [1.29, 1.82) is 0 Å². The number of hydrogen-bond donors (Lipinski definition) is 2. The van der Waals surface area contributed by atoms with E-state index >= 15 is 0 Å². The Hall–Kier alpha value is -1.63. The van der Waals surface area contributed by atoms with E-state index in [1.165, 1.54) is 17.7 Å². The zero-order valence-electron chi connectivity index (χ0n) is 12.8. The number of anilines is 1. The third kappa shape index (κ3) is 4.22. The predicted octanol–water partition coefficient (Wildman–Crippen LogP) is 4.17. The van der Waals surface area contributed by atoms with Gasteiger partial charge in [0.1, 0.15) is 11.9 Å². The summed E-state index contributed by atoms with van der Waals surface area (Å²) >= 11 is 2.27. The second-order valence-electron chi connectivity index (χ2n) is 5.88. The first-order valence-electron chi connectivity index (χ1n) is 7.61. The highest BCUT2D eigenvalue weighted by molar-refractivity contribution is 14.1. The van der Waals surface area contributed by atoms with Gasteiger partial charge in [0.15, 0.2) is 0 Å². The van der Waals surface area contributed by atoms with Gasteiger partial charge in [-0.15, -0.1) is 0 Å². The number of rotatable bonds is 5. The van der Waals surface area contributed by atoms with Crippen molar-refractivity contribution in [2.24, 2.45) is 0 Å². The number of carbonyl (C=O) groups is 1. The first kappa shape index (κ1) is 16.2. The van der Waals surface area contributed by atoms with Crippen LogP contribution in [0.1, 0.15) is 30.0 Å². The molecule has 5 heteroatoms. The molecule has 23 heavy (non-hydrogen) atoms. The Kier molecular flexibility index (Phi) is 4.84. The van der Waals surface area contributed by atoms with Crippen molar-refractivity contribution in [3.8, 4) is 0 Å². The average molecular weight is 424 g/mol. The van der Waals surface area contributed by atoms with Gasteiger partial charge in [-0.3, -0.25) is 4.79 Å². The van der Waals surface area contributed by atoms with Crippen LogP contribution in [0.3, 0.4) is 0 Å². The Morgan fingerprint density at radius 3 is 2.52 bits per heavy atom. The van der Waals surface area contributed by atoms with Crippen molar-refractivity contribution in [3.63, 3.8) is 0 Å². The van der Waals surface area contributed by atoms with E-state index in [-0.39, 0.29) is 17.8 Å². The van der Waals surface area contributed by atoms with E-state index in [0.717, 1.165) is 27.7 Å². The maximum absolute atomic E-state index is 13.2. The number of amides is 1. The molecule has 0 spiro atoms. The summed E-state index contributed by atoms with van der Waals surface area (Å²) < 4.78 is 14.3. The van der Waals surface area contributed by atoms with E-state index < -0.39 is 6.04 Å². The minimum absolute atomic E-state index is 0.0744. The summed E-state index contributed by atoms with van der Waals surface area (Å²) in [4.78, 5) is 12.6. The second-order valence-corrected chi connectivity index (χ2v) is 7.04. The summed E-state index contributed by atoms with van der Waals surface area (Å²) in [6, 6.07) is 11.8. The van der Waals surface area contributed by atoms with Crippen molar-refractivity contribution >= 4 is 34.2 Å². The molecule has 2 aromatic rings. The quantitative estimate of drug-likeness (QED) is 0.708. The highest BCUT2D eigenvalue weighted by Crippen LogP contribution is 2.25. The molecule has 120 valence electrons. The maximum Gasteiger partial charge on any atom is 0.247 e. The molecule has 0 aliphatic heterocycles. The molecule has 2 aromatic carbocycles. The van der Waals surface area contributed by atoms with Gasteiger partial charge in [0, 0.05) is 15.3 Å². The van der Waals surface area contributed by atoms with Crippen LogP contribution in [-0.4, -0.2) is 11.9 Å². The lowest BCUT2D eigenvalue weighted by Crippen LogP contribution is -2.34. The summed E-state index contributed by atoms with van der Waals surface area (Å²) in [5.41, 5.74) is 2.82. The minimum Gasteiger partial charge on any atom is -0.370 e. The predicted molar refractivity (Wildman–Crippen MR) is 97.8 cm³/mol. The Labute approximate surface area is 148 Å². The molecule has 0 saturated heterocycles. The molecule has 0 radical (unpaired) electrons. The molecule has 0 heterocycles. The molecule has 0 bridgehead atoms. The van der Waals surface area contributed by atoms with E-state index in [4.69, 9.17) is 0 Å². The smallest absolute Gasteiger partial charge is 0.247 e. The molecule has 1 saturated carbocycles. The number of halogens is 2. The molecule has 3 rings (SSSR count). The molecule has 0 unspecified atom stereocenters. The number of carbonyl (C=O) groups excluding carboxylic acids is 1. The normalized spacial score (nSPS) is 15.1. The van der Waals surface area contributed by atoms with Crippen LogP contribution >= 0.6 is 22.6 Å². The van der Waals surface area contributed by atoms with Crippen molar-refractivity contribution in [3.05, 3.63) is 63.0 Å². The van der Waals surface area contributed by atoms with Gasteiger partial charge in [0.2, 0.25) is 5.91 Å². The summed E-state index contributed by atoms with van der Waals surface area (Å²) in [7, 11) is 0. The topological polar surface area (TPSA) is 41.1 Å². The number of nitrogens with one attached hydrogen (secondary N) is 2. The monoisotopic (exact) mass is 424 g/mol. The summed E-state index contributed by atoms with van der Waals surface area (Å²) in [5.74, 6) is -0.380. The van der Waals surface area contributed by atoms with Crippen LogP contribution < -0.4 is 10.6 Å². The fourth-order valence-corrected chi connectivity index (χ4v) is 2.83. The van der Waals surface area contributed by atoms with E-state index in [1.807, 2.05) is 25.1 Å². The first-order chi connectivity index (χ1) is 11.0. The Balaban J connectivity index is 1.85. The van der Waals surface area contributed by atoms with Gasteiger partial charge in [-0.2, -0.15) is 0 Å². The SMILES string of the molecule is Cc1ccc(N[C@@H](C(=O)NC2CC2)c2ccc(F)cc2)cc1I. The van der Waals surface area contributed by atoms with Crippen LogP contribution in [0.4, 0.5) is 10.1 Å². The van der Waals surface area contributed by atoms with Crippen molar-refractivity contribution in [2.45, 2.75) is 31.8 Å². The van der Waals surface area contributed by atoms with Crippen LogP contribution in [0.25, 0.3) is 0 Å². The van der Waals surface area contributed by atoms with E-state index in [1.54, 1.807) is 12.1 Å². The van der Waals surface area contributed by atoms with Gasteiger partial charge in [-0.1, -0.05) is 18.2 Å². The molecule has 2 N–H and O–H groups in total. The zero-order valence-corrected chi connectivity index (χ0v) is 14.9. The van der Waals surface area contributed by atoms with Gasteiger partial charge >= 0.3 is 0 Å². The van der Waals surface area contributed by atoms with Crippen LogP contribution in [-0.2, 0) is 4.79 Å². The van der Waals surface area contributed by atoms with Crippen molar-refractivity contribution < 1.29 is 9.18 Å². The number of benzene rings is 2. The van der Waals surface area contributed by atoms with Gasteiger partial charge < -0.3 is 10.6 Å². The summed E-state index contributed by atoms with van der Waals surface area (Å²) in [5, 5.41) is 6.29. The minimum atomic E-state index is -0.533. The third-order valence-electron chi connectivity index (χ3n) is 3.87. The lowest BCUT2D eigenvalue weighted by Gasteiger charge is -2.20. The Bertz CT molecular complexity index is 713. The summed E-state index contributed by atoms with van der Waals surface area (Å²) in [6.07, 6.45) is 2.06. The van der Waals surface area contributed by atoms with Gasteiger partial charge in [0.25, 0.3) is 0 Å². The largest absolute Gasteiger partial charge is 0.370 e. The Morgan fingerprint density at radius 1 is 1.22 bits per heavy atom. The Morgan fingerprint density at radius 2 is 1.91 bits per heavy atom. The van der Waals surface area contributed by atoms with E-state index in [9.17, 15) is 9.18 Å². The molecule has 1 atom stereocenters. The lowest BCUT2D eigenvalue weighted by molar-refractivity contribution is -0.122. The van der Waals surface area contributed by atoms with E-state index in [0.29, 0.717) is 0 Å². The molecule has 1 aliphatic carbocycles. The molecular weight excluding hydrogens is 406 g/mol. The van der Waals surface area contributed by atoms with Gasteiger partial charge in [-0.05, 0) is 77.7 Å². The average Bonchev–Trinajstić information content (AvgIpc) is 3.33.